The highest BCUT2D eigenvalue weighted by atomic mass is 16.1. The van der Waals surface area contributed by atoms with Crippen LogP contribution in [-0.4, -0.2) is 21.7 Å². The SMILES string of the molecule is C[C@H](Cn1cccn1)NC(=O)c1ccccc1. The zero-order valence-corrected chi connectivity index (χ0v) is 9.71. The number of carbonyl (C=O) groups is 1. The Hall–Kier alpha value is -2.10. The van der Waals surface area contributed by atoms with Crippen LogP contribution in [0.2, 0.25) is 0 Å². The lowest BCUT2D eigenvalue weighted by atomic mass is 10.2. The van der Waals surface area contributed by atoms with Gasteiger partial charge in [-0.3, -0.25) is 9.48 Å². The van der Waals surface area contributed by atoms with Crippen molar-refractivity contribution in [2.24, 2.45) is 0 Å². The Labute approximate surface area is 100 Å². The zero-order valence-electron chi connectivity index (χ0n) is 9.71. The fraction of sp³-hybridized carbons (Fsp3) is 0.231. The molecule has 88 valence electrons. The molecular weight excluding hydrogens is 214 g/mol. The smallest absolute Gasteiger partial charge is 0.251 e. The average molecular weight is 229 g/mol. The van der Waals surface area contributed by atoms with Gasteiger partial charge in [0.25, 0.3) is 5.91 Å². The summed E-state index contributed by atoms with van der Waals surface area (Å²) in [4.78, 5) is 11.8. The Balaban J connectivity index is 1.91. The molecular formula is C13H15N3O. The molecule has 0 saturated carbocycles. The molecule has 0 fully saturated rings. The zero-order chi connectivity index (χ0) is 12.1. The van der Waals surface area contributed by atoms with E-state index in [-0.39, 0.29) is 11.9 Å². The van der Waals surface area contributed by atoms with E-state index in [1.54, 1.807) is 23.0 Å². The number of rotatable bonds is 4. The number of nitrogens with one attached hydrogen (secondary N) is 1. The summed E-state index contributed by atoms with van der Waals surface area (Å²) in [6, 6.07) is 11.1. The van der Waals surface area contributed by atoms with Gasteiger partial charge in [-0.25, -0.2) is 0 Å². The number of hydrogen-bond acceptors (Lipinski definition) is 2. The van der Waals surface area contributed by atoms with Gasteiger partial charge in [0.2, 0.25) is 0 Å². The van der Waals surface area contributed by atoms with Gasteiger partial charge in [0.15, 0.2) is 0 Å². The van der Waals surface area contributed by atoms with Crippen molar-refractivity contribution in [3.63, 3.8) is 0 Å². The van der Waals surface area contributed by atoms with Crippen LogP contribution < -0.4 is 5.32 Å². The van der Waals surface area contributed by atoms with E-state index in [2.05, 4.69) is 10.4 Å². The predicted molar refractivity (Wildman–Crippen MR) is 65.6 cm³/mol. The molecule has 2 rings (SSSR count). The fourth-order valence-electron chi connectivity index (χ4n) is 1.63. The minimum Gasteiger partial charge on any atom is -0.348 e. The molecule has 1 atom stereocenters. The van der Waals surface area contributed by atoms with Crippen molar-refractivity contribution in [2.45, 2.75) is 19.5 Å². The summed E-state index contributed by atoms with van der Waals surface area (Å²) < 4.78 is 1.80. The first-order valence-electron chi connectivity index (χ1n) is 5.59. The van der Waals surface area contributed by atoms with E-state index in [4.69, 9.17) is 0 Å². The lowest BCUT2D eigenvalue weighted by Crippen LogP contribution is -2.35. The monoisotopic (exact) mass is 229 g/mol. The summed E-state index contributed by atoms with van der Waals surface area (Å²) in [5.41, 5.74) is 0.680. The minimum absolute atomic E-state index is 0.0441. The van der Waals surface area contributed by atoms with Crippen LogP contribution in [0.25, 0.3) is 0 Å². The van der Waals surface area contributed by atoms with Crippen LogP contribution in [0, 0.1) is 0 Å². The third-order valence-corrected chi connectivity index (χ3v) is 2.43. The topological polar surface area (TPSA) is 46.9 Å². The molecule has 4 heteroatoms. The number of benzene rings is 1. The van der Waals surface area contributed by atoms with Crippen molar-refractivity contribution in [1.29, 1.82) is 0 Å². The first kappa shape index (κ1) is 11.4. The second-order valence-electron chi connectivity index (χ2n) is 3.97. The summed E-state index contributed by atoms with van der Waals surface area (Å²) in [6.45, 7) is 2.63. The quantitative estimate of drug-likeness (QED) is 0.867. The van der Waals surface area contributed by atoms with E-state index >= 15 is 0 Å². The minimum atomic E-state index is -0.0507. The highest BCUT2D eigenvalue weighted by molar-refractivity contribution is 5.94. The van der Waals surface area contributed by atoms with E-state index in [1.165, 1.54) is 0 Å². The molecule has 0 aliphatic heterocycles. The third-order valence-electron chi connectivity index (χ3n) is 2.43. The summed E-state index contributed by atoms with van der Waals surface area (Å²) in [5.74, 6) is -0.0507. The van der Waals surface area contributed by atoms with Gasteiger partial charge in [0, 0.05) is 24.0 Å². The first-order valence-corrected chi connectivity index (χ1v) is 5.59. The van der Waals surface area contributed by atoms with Crippen LogP contribution >= 0.6 is 0 Å². The van der Waals surface area contributed by atoms with Crippen molar-refractivity contribution in [3.8, 4) is 0 Å². The van der Waals surface area contributed by atoms with Gasteiger partial charge >= 0.3 is 0 Å². The van der Waals surface area contributed by atoms with Gasteiger partial charge in [0.1, 0.15) is 0 Å². The Morgan fingerprint density at radius 1 is 1.35 bits per heavy atom. The van der Waals surface area contributed by atoms with Crippen LogP contribution in [0.1, 0.15) is 17.3 Å². The van der Waals surface area contributed by atoms with Gasteiger partial charge < -0.3 is 5.32 Å². The summed E-state index contributed by atoms with van der Waals surface area (Å²) in [7, 11) is 0. The van der Waals surface area contributed by atoms with E-state index in [9.17, 15) is 4.79 Å². The second kappa shape index (κ2) is 5.30. The number of carbonyl (C=O) groups excluding carboxylic acids is 1. The van der Waals surface area contributed by atoms with Gasteiger partial charge in [-0.2, -0.15) is 5.10 Å². The molecule has 17 heavy (non-hydrogen) atoms. The highest BCUT2D eigenvalue weighted by Crippen LogP contribution is 1.99. The number of nitrogens with zero attached hydrogens (tertiary/aromatic N) is 2. The van der Waals surface area contributed by atoms with Crippen molar-refractivity contribution in [1.82, 2.24) is 15.1 Å². The van der Waals surface area contributed by atoms with Gasteiger partial charge in [-0.1, -0.05) is 18.2 Å². The molecule has 0 saturated heterocycles. The second-order valence-corrected chi connectivity index (χ2v) is 3.97. The molecule has 1 amide bonds. The maximum Gasteiger partial charge on any atom is 0.251 e. The van der Waals surface area contributed by atoms with Gasteiger partial charge in [0.05, 0.1) is 6.54 Å². The maximum absolute atomic E-state index is 11.8. The molecule has 1 N–H and O–H groups in total. The lowest BCUT2D eigenvalue weighted by Gasteiger charge is -2.13. The van der Waals surface area contributed by atoms with E-state index in [1.807, 2.05) is 37.4 Å². The predicted octanol–water partition coefficient (Wildman–Crippen LogP) is 1.70. The average Bonchev–Trinajstić information content (AvgIpc) is 2.82. The molecule has 0 bridgehead atoms. The maximum atomic E-state index is 11.8. The van der Waals surface area contributed by atoms with E-state index in [0.29, 0.717) is 12.1 Å². The summed E-state index contributed by atoms with van der Waals surface area (Å²) in [6.07, 6.45) is 3.61. The standard InChI is InChI=1S/C13H15N3O/c1-11(10-16-9-5-8-14-16)15-13(17)12-6-3-2-4-7-12/h2-9,11H,10H2,1H3,(H,15,17)/t11-/m1/s1. The molecule has 1 aromatic heterocycles. The van der Waals surface area contributed by atoms with Crippen molar-refractivity contribution < 1.29 is 4.79 Å². The lowest BCUT2D eigenvalue weighted by molar-refractivity contribution is 0.0936. The number of hydrogen-bond donors (Lipinski definition) is 1. The van der Waals surface area contributed by atoms with Crippen molar-refractivity contribution >= 4 is 5.91 Å². The summed E-state index contributed by atoms with van der Waals surface area (Å²) in [5, 5.41) is 7.04. The fourth-order valence-corrected chi connectivity index (χ4v) is 1.63. The Morgan fingerprint density at radius 3 is 2.76 bits per heavy atom. The van der Waals surface area contributed by atoms with Crippen LogP contribution in [0.3, 0.4) is 0 Å². The number of aromatic nitrogens is 2. The number of amides is 1. The Bertz CT molecular complexity index is 465. The van der Waals surface area contributed by atoms with Crippen LogP contribution in [0.4, 0.5) is 0 Å². The van der Waals surface area contributed by atoms with Crippen molar-refractivity contribution in [2.75, 3.05) is 0 Å². The van der Waals surface area contributed by atoms with Crippen LogP contribution in [0.5, 0.6) is 0 Å². The van der Waals surface area contributed by atoms with Gasteiger partial charge in [-0.05, 0) is 25.1 Å². The largest absolute Gasteiger partial charge is 0.348 e. The molecule has 1 heterocycles. The molecule has 0 aliphatic carbocycles. The normalized spacial score (nSPS) is 12.1. The first-order chi connectivity index (χ1) is 8.25. The van der Waals surface area contributed by atoms with Crippen LogP contribution in [0.15, 0.2) is 48.8 Å². The third kappa shape index (κ3) is 3.17. The molecule has 0 radical (unpaired) electrons. The molecule has 0 aliphatic rings. The molecule has 1 aromatic carbocycles. The Kier molecular flexibility index (Phi) is 3.55. The van der Waals surface area contributed by atoms with E-state index in [0.717, 1.165) is 0 Å². The molecule has 2 aromatic rings. The van der Waals surface area contributed by atoms with E-state index < -0.39 is 0 Å². The van der Waals surface area contributed by atoms with Crippen molar-refractivity contribution in [3.05, 3.63) is 54.4 Å². The highest BCUT2D eigenvalue weighted by Gasteiger charge is 2.09. The molecule has 0 unspecified atom stereocenters. The van der Waals surface area contributed by atoms with Crippen LogP contribution in [-0.2, 0) is 6.54 Å². The van der Waals surface area contributed by atoms with Gasteiger partial charge in [-0.15, -0.1) is 0 Å². The Morgan fingerprint density at radius 2 is 2.12 bits per heavy atom. The summed E-state index contributed by atoms with van der Waals surface area (Å²) >= 11 is 0. The molecule has 0 spiro atoms. The molecule has 4 nitrogen and oxygen atoms in total.